The van der Waals surface area contributed by atoms with Crippen molar-refractivity contribution in [1.82, 2.24) is 25.2 Å². The lowest BCUT2D eigenvalue weighted by Gasteiger charge is -2.38. The fraction of sp³-hybridized carbons (Fsp3) is 0.130. The van der Waals surface area contributed by atoms with Crippen LogP contribution in [-0.2, 0) is 0 Å². The molecule has 1 N–H and O–H groups in total. The normalized spacial score (nSPS) is 18.9. The number of tetrazole rings is 1. The third-order valence-electron chi connectivity index (χ3n) is 5.66. The molecule has 2 atom stereocenters. The summed E-state index contributed by atoms with van der Waals surface area (Å²) in [5.74, 6) is 2.12. The van der Waals surface area contributed by atoms with Crippen molar-refractivity contribution < 1.29 is 9.47 Å². The molecule has 0 bridgehead atoms. The van der Waals surface area contributed by atoms with Crippen molar-refractivity contribution in [3.63, 3.8) is 0 Å². The lowest BCUT2D eigenvalue weighted by molar-refractivity contribution is 0.221. The van der Waals surface area contributed by atoms with E-state index in [1.807, 2.05) is 66.9 Å². The maximum atomic E-state index is 6.54. The number of fused-ring (bicyclic) bond motifs is 3. The van der Waals surface area contributed by atoms with E-state index in [0.717, 1.165) is 39.5 Å². The maximum Gasteiger partial charge on any atom is 0.248 e. The molecule has 8 nitrogen and oxygen atoms in total. The summed E-state index contributed by atoms with van der Waals surface area (Å²) in [5, 5.41) is 15.9. The highest BCUT2D eigenvalue weighted by atomic mass is 16.5. The van der Waals surface area contributed by atoms with Crippen molar-refractivity contribution in [2.45, 2.75) is 12.1 Å². The molecular weight excluding hydrogens is 392 g/mol. The van der Waals surface area contributed by atoms with Gasteiger partial charge in [0.1, 0.15) is 17.5 Å². The summed E-state index contributed by atoms with van der Waals surface area (Å²) in [4.78, 5) is 4.32. The Kier molecular flexibility index (Phi) is 3.95. The van der Waals surface area contributed by atoms with Crippen LogP contribution >= 0.6 is 0 Å². The first-order valence-electron chi connectivity index (χ1n) is 9.93. The lowest BCUT2D eigenvalue weighted by atomic mass is 9.85. The Balaban J connectivity index is 1.66. The Morgan fingerprint density at radius 1 is 1.03 bits per heavy atom. The van der Waals surface area contributed by atoms with Crippen LogP contribution in [0.1, 0.15) is 28.8 Å². The van der Waals surface area contributed by atoms with Crippen LogP contribution in [0.5, 0.6) is 11.5 Å². The van der Waals surface area contributed by atoms with E-state index < -0.39 is 0 Å². The van der Waals surface area contributed by atoms with E-state index in [1.54, 1.807) is 18.0 Å². The van der Waals surface area contributed by atoms with Gasteiger partial charge >= 0.3 is 0 Å². The summed E-state index contributed by atoms with van der Waals surface area (Å²) in [5.41, 5.74) is 4.80. The molecule has 4 aromatic rings. The van der Waals surface area contributed by atoms with Crippen molar-refractivity contribution in [2.75, 3.05) is 12.4 Å². The van der Waals surface area contributed by atoms with Gasteiger partial charge in [0.05, 0.1) is 12.8 Å². The Morgan fingerprint density at radius 3 is 2.77 bits per heavy atom. The third-order valence-corrected chi connectivity index (χ3v) is 5.66. The van der Waals surface area contributed by atoms with Gasteiger partial charge in [0.15, 0.2) is 6.10 Å². The molecule has 4 heterocycles. The van der Waals surface area contributed by atoms with Crippen LogP contribution < -0.4 is 14.8 Å². The zero-order valence-electron chi connectivity index (χ0n) is 16.6. The van der Waals surface area contributed by atoms with Crippen LogP contribution in [-0.4, -0.2) is 32.3 Å². The van der Waals surface area contributed by atoms with Gasteiger partial charge in [-0.15, -0.1) is 0 Å². The van der Waals surface area contributed by atoms with Crippen LogP contribution in [0.3, 0.4) is 0 Å². The van der Waals surface area contributed by atoms with Gasteiger partial charge in [-0.2, -0.15) is 4.68 Å². The number of rotatable bonds is 3. The van der Waals surface area contributed by atoms with Crippen molar-refractivity contribution in [3.05, 3.63) is 95.3 Å². The minimum Gasteiger partial charge on any atom is -0.496 e. The van der Waals surface area contributed by atoms with Crippen molar-refractivity contribution in [1.29, 1.82) is 0 Å². The summed E-state index contributed by atoms with van der Waals surface area (Å²) in [6, 6.07) is 19.5. The van der Waals surface area contributed by atoms with Crippen molar-refractivity contribution in [3.8, 4) is 11.5 Å². The van der Waals surface area contributed by atoms with Gasteiger partial charge < -0.3 is 14.8 Å². The van der Waals surface area contributed by atoms with Gasteiger partial charge in [0.2, 0.25) is 5.95 Å². The predicted molar refractivity (Wildman–Crippen MR) is 114 cm³/mol. The Hall–Kier alpha value is -4.20. The number of benzene rings is 2. The Labute approximate surface area is 178 Å². The second-order valence-electron chi connectivity index (χ2n) is 7.33. The van der Waals surface area contributed by atoms with E-state index in [1.165, 1.54) is 0 Å². The molecule has 0 radical (unpaired) electrons. The molecule has 0 unspecified atom stereocenters. The molecular formula is C23H18N6O2. The molecule has 31 heavy (non-hydrogen) atoms. The van der Waals surface area contributed by atoms with Crippen LogP contribution in [0.4, 0.5) is 5.95 Å². The largest absolute Gasteiger partial charge is 0.496 e. The minimum atomic E-state index is -0.377. The number of hydrogen-bond acceptors (Lipinski definition) is 7. The first kappa shape index (κ1) is 17.6. The summed E-state index contributed by atoms with van der Waals surface area (Å²) < 4.78 is 14.0. The van der Waals surface area contributed by atoms with Gasteiger partial charge in [-0.3, -0.25) is 4.98 Å². The number of para-hydroxylation sites is 2. The van der Waals surface area contributed by atoms with E-state index in [2.05, 4.69) is 25.8 Å². The number of aromatic nitrogens is 5. The highest BCUT2D eigenvalue weighted by Crippen LogP contribution is 2.51. The Bertz CT molecular complexity index is 1300. The molecule has 6 rings (SSSR count). The molecule has 2 aromatic heterocycles. The second kappa shape index (κ2) is 6.94. The first-order valence-corrected chi connectivity index (χ1v) is 9.93. The van der Waals surface area contributed by atoms with Crippen LogP contribution in [0.15, 0.2) is 78.6 Å². The standard InChI is InChI=1S/C23H18N6O2/c1-30-17-10-4-3-9-16(17)21-19-20(25-23-26-27-28-29(21)23)15-8-2-5-11-18(15)31-22(19)14-7-6-12-24-13-14/h2-13,21-22H,1H3,(H,25,26,28)/t21-,22-/m1/s1. The molecule has 8 heteroatoms. The van der Waals surface area contributed by atoms with Crippen molar-refractivity contribution >= 4 is 11.6 Å². The zero-order chi connectivity index (χ0) is 20.8. The van der Waals surface area contributed by atoms with Crippen LogP contribution in [0, 0.1) is 0 Å². The van der Waals surface area contributed by atoms with Gasteiger partial charge in [0, 0.05) is 34.7 Å². The highest BCUT2D eigenvalue weighted by molar-refractivity contribution is 5.85. The van der Waals surface area contributed by atoms with Crippen LogP contribution in [0.2, 0.25) is 0 Å². The van der Waals surface area contributed by atoms with E-state index in [9.17, 15) is 0 Å². The topological polar surface area (TPSA) is 87.0 Å². The van der Waals surface area contributed by atoms with Crippen molar-refractivity contribution in [2.24, 2.45) is 0 Å². The van der Waals surface area contributed by atoms with Crippen LogP contribution in [0.25, 0.3) is 5.70 Å². The molecule has 0 amide bonds. The maximum absolute atomic E-state index is 6.54. The van der Waals surface area contributed by atoms with Gasteiger partial charge in [-0.25, -0.2) is 0 Å². The summed E-state index contributed by atoms with van der Waals surface area (Å²) in [6.07, 6.45) is 3.21. The number of nitrogens with one attached hydrogen (secondary N) is 1. The smallest absolute Gasteiger partial charge is 0.248 e. The summed E-state index contributed by atoms with van der Waals surface area (Å²) >= 11 is 0. The molecule has 2 aliphatic rings. The third kappa shape index (κ3) is 2.68. The number of pyridine rings is 1. The monoisotopic (exact) mass is 410 g/mol. The summed E-state index contributed by atoms with van der Waals surface area (Å²) in [7, 11) is 1.67. The first-order chi connectivity index (χ1) is 15.3. The molecule has 0 fully saturated rings. The molecule has 2 aromatic carbocycles. The fourth-order valence-electron chi connectivity index (χ4n) is 4.34. The number of ether oxygens (including phenoxy) is 2. The predicted octanol–water partition coefficient (Wildman–Crippen LogP) is 3.64. The minimum absolute atomic E-state index is 0.323. The van der Waals surface area contributed by atoms with Gasteiger partial charge in [0.25, 0.3) is 0 Å². The van der Waals surface area contributed by atoms with E-state index >= 15 is 0 Å². The number of nitrogens with zero attached hydrogens (tertiary/aromatic N) is 5. The van der Waals surface area contributed by atoms with E-state index in [4.69, 9.17) is 9.47 Å². The Morgan fingerprint density at radius 2 is 1.90 bits per heavy atom. The highest BCUT2D eigenvalue weighted by Gasteiger charge is 2.42. The van der Waals surface area contributed by atoms with E-state index in [0.29, 0.717) is 5.95 Å². The molecule has 0 spiro atoms. The summed E-state index contributed by atoms with van der Waals surface area (Å²) in [6.45, 7) is 0. The SMILES string of the molecule is COc1ccccc1[C@@H]1C2=C(Nc3nnnn31)c1ccccc1O[C@@H]2c1cccnc1. The molecule has 0 saturated carbocycles. The zero-order valence-corrected chi connectivity index (χ0v) is 16.6. The average molecular weight is 410 g/mol. The molecule has 0 saturated heterocycles. The number of anilines is 1. The molecule has 2 aliphatic heterocycles. The van der Waals surface area contributed by atoms with Gasteiger partial charge in [-0.1, -0.05) is 41.5 Å². The lowest BCUT2D eigenvalue weighted by Crippen LogP contribution is -2.32. The average Bonchev–Trinajstić information content (AvgIpc) is 3.31. The molecule has 152 valence electrons. The second-order valence-corrected chi connectivity index (χ2v) is 7.33. The fourth-order valence-corrected chi connectivity index (χ4v) is 4.34. The quantitative estimate of drug-likeness (QED) is 0.552. The van der Waals surface area contributed by atoms with E-state index in [-0.39, 0.29) is 12.1 Å². The van der Waals surface area contributed by atoms with Gasteiger partial charge in [-0.05, 0) is 34.7 Å². The number of methoxy groups -OCH3 is 1. The molecule has 0 aliphatic carbocycles. The number of hydrogen-bond donors (Lipinski definition) is 1.